The van der Waals surface area contributed by atoms with E-state index in [-0.39, 0.29) is 25.4 Å². The van der Waals surface area contributed by atoms with Crippen molar-refractivity contribution in [3.8, 4) is 5.75 Å². The van der Waals surface area contributed by atoms with Crippen LogP contribution in [0.2, 0.25) is 0 Å². The molecule has 1 atom stereocenters. The first-order valence-electron chi connectivity index (χ1n) is 5.99. The highest BCUT2D eigenvalue weighted by Crippen LogP contribution is 2.35. The second-order valence-corrected chi connectivity index (χ2v) is 3.91. The largest absolute Gasteiger partial charge is 0.493 e. The van der Waals surface area contributed by atoms with Crippen molar-refractivity contribution >= 4 is 5.97 Å². The number of hydrogen-bond acceptors (Lipinski definition) is 3. The highest BCUT2D eigenvalue weighted by atomic mass is 19.4. The molecule has 7 heteroatoms. The number of para-hydroxylation sites is 1. The minimum atomic E-state index is -4.51. The van der Waals surface area contributed by atoms with Crippen molar-refractivity contribution in [2.45, 2.75) is 25.6 Å². The minimum Gasteiger partial charge on any atom is -0.493 e. The van der Waals surface area contributed by atoms with E-state index < -0.39 is 23.8 Å². The van der Waals surface area contributed by atoms with Gasteiger partial charge in [0.2, 0.25) is 0 Å². The van der Waals surface area contributed by atoms with E-state index in [1.165, 1.54) is 18.2 Å². The summed E-state index contributed by atoms with van der Waals surface area (Å²) in [7, 11) is 0. The van der Waals surface area contributed by atoms with E-state index in [0.717, 1.165) is 6.07 Å². The van der Waals surface area contributed by atoms with Gasteiger partial charge < -0.3 is 14.6 Å². The van der Waals surface area contributed by atoms with Gasteiger partial charge in [0.05, 0.1) is 12.2 Å². The lowest BCUT2D eigenvalue weighted by Crippen LogP contribution is -2.26. The number of carboxylic acid groups (broad SMARTS) is 1. The summed E-state index contributed by atoms with van der Waals surface area (Å²) >= 11 is 0. The number of halogens is 3. The van der Waals surface area contributed by atoms with Gasteiger partial charge in [-0.15, -0.1) is 0 Å². The van der Waals surface area contributed by atoms with Crippen LogP contribution in [0.15, 0.2) is 24.3 Å². The van der Waals surface area contributed by atoms with Crippen molar-refractivity contribution in [2.75, 3.05) is 13.2 Å². The molecule has 4 nitrogen and oxygen atoms in total. The lowest BCUT2D eigenvalue weighted by atomic mass is 10.2. The molecule has 1 aromatic rings. The van der Waals surface area contributed by atoms with Crippen molar-refractivity contribution in [3.63, 3.8) is 0 Å². The zero-order valence-electron chi connectivity index (χ0n) is 10.8. The first-order valence-corrected chi connectivity index (χ1v) is 5.99. The molecule has 0 radical (unpaired) electrons. The molecule has 0 fully saturated rings. The lowest BCUT2D eigenvalue weighted by molar-refractivity contribution is -0.151. The standard InChI is InChI=1S/C13H15F3O4/c1-2-19-11(12(17)18)7-8-20-10-6-4-3-5-9(10)13(14,15)16/h3-6,11H,2,7-8H2,1H3,(H,17,18). The SMILES string of the molecule is CCOC(CCOc1ccccc1C(F)(F)F)C(=O)O. The number of rotatable bonds is 7. The Kier molecular flexibility index (Phi) is 5.82. The fraction of sp³-hybridized carbons (Fsp3) is 0.462. The predicted octanol–water partition coefficient (Wildman–Crippen LogP) is 2.96. The molecule has 0 saturated heterocycles. The van der Waals surface area contributed by atoms with E-state index >= 15 is 0 Å². The average Bonchev–Trinajstić information content (AvgIpc) is 2.37. The van der Waals surface area contributed by atoms with Crippen molar-refractivity contribution in [3.05, 3.63) is 29.8 Å². The van der Waals surface area contributed by atoms with Gasteiger partial charge in [-0.25, -0.2) is 4.79 Å². The number of hydrogen-bond donors (Lipinski definition) is 1. The molecule has 0 bridgehead atoms. The normalized spacial score (nSPS) is 13.0. The van der Waals surface area contributed by atoms with Gasteiger partial charge >= 0.3 is 12.1 Å². The molecule has 20 heavy (non-hydrogen) atoms. The number of ether oxygens (including phenoxy) is 2. The monoisotopic (exact) mass is 292 g/mol. The summed E-state index contributed by atoms with van der Waals surface area (Å²) in [5.41, 5.74) is -0.886. The molecule has 0 aliphatic heterocycles. The van der Waals surface area contributed by atoms with Gasteiger partial charge in [0, 0.05) is 13.0 Å². The number of aliphatic carboxylic acids is 1. The zero-order valence-corrected chi connectivity index (χ0v) is 10.8. The van der Waals surface area contributed by atoms with E-state index in [2.05, 4.69) is 0 Å². The molecule has 0 spiro atoms. The van der Waals surface area contributed by atoms with E-state index in [4.69, 9.17) is 14.6 Å². The fourth-order valence-corrected chi connectivity index (χ4v) is 1.58. The number of alkyl halides is 3. The zero-order chi connectivity index (χ0) is 15.2. The molecule has 0 aromatic heterocycles. The second-order valence-electron chi connectivity index (χ2n) is 3.91. The lowest BCUT2D eigenvalue weighted by Gasteiger charge is -2.16. The summed E-state index contributed by atoms with van der Waals surface area (Å²) in [6, 6.07) is 4.78. The van der Waals surface area contributed by atoms with Crippen LogP contribution in [0.3, 0.4) is 0 Å². The van der Waals surface area contributed by atoms with Crippen molar-refractivity contribution < 1.29 is 32.5 Å². The van der Waals surface area contributed by atoms with E-state index in [9.17, 15) is 18.0 Å². The average molecular weight is 292 g/mol. The topological polar surface area (TPSA) is 55.8 Å². The Hall–Kier alpha value is -1.76. The molecular formula is C13H15F3O4. The van der Waals surface area contributed by atoms with Crippen LogP contribution in [0.5, 0.6) is 5.75 Å². The van der Waals surface area contributed by atoms with Crippen LogP contribution in [-0.2, 0) is 15.7 Å². The second kappa shape index (κ2) is 7.14. The van der Waals surface area contributed by atoms with Gasteiger partial charge in [0.15, 0.2) is 6.10 Å². The predicted molar refractivity (Wildman–Crippen MR) is 64.6 cm³/mol. The summed E-state index contributed by atoms with van der Waals surface area (Å²) in [5.74, 6) is -1.49. The van der Waals surface area contributed by atoms with Crippen LogP contribution >= 0.6 is 0 Å². The van der Waals surface area contributed by atoms with Gasteiger partial charge in [0.25, 0.3) is 0 Å². The summed E-state index contributed by atoms with van der Waals surface area (Å²) in [6.07, 6.45) is -5.63. The van der Waals surface area contributed by atoms with Gasteiger partial charge in [-0.05, 0) is 19.1 Å². The molecule has 0 saturated carbocycles. The quantitative estimate of drug-likeness (QED) is 0.839. The van der Waals surface area contributed by atoms with Gasteiger partial charge in [-0.1, -0.05) is 12.1 Å². The van der Waals surface area contributed by atoms with Gasteiger partial charge in [-0.3, -0.25) is 0 Å². The van der Waals surface area contributed by atoms with E-state index in [0.29, 0.717) is 0 Å². The third kappa shape index (κ3) is 4.73. The third-order valence-electron chi connectivity index (χ3n) is 2.47. The number of carbonyl (C=O) groups is 1. The van der Waals surface area contributed by atoms with E-state index in [1.54, 1.807) is 6.92 Å². The Balaban J connectivity index is 2.64. The molecule has 1 aromatic carbocycles. The maximum atomic E-state index is 12.7. The first-order chi connectivity index (χ1) is 9.36. The smallest absolute Gasteiger partial charge is 0.419 e. The molecular weight excluding hydrogens is 277 g/mol. The number of carboxylic acids is 1. The van der Waals surface area contributed by atoms with E-state index in [1.807, 2.05) is 0 Å². The summed E-state index contributed by atoms with van der Waals surface area (Å²) in [4.78, 5) is 10.8. The van der Waals surface area contributed by atoms with Gasteiger partial charge in [-0.2, -0.15) is 13.2 Å². The highest BCUT2D eigenvalue weighted by Gasteiger charge is 2.34. The van der Waals surface area contributed by atoms with Crippen LogP contribution < -0.4 is 4.74 Å². The number of benzene rings is 1. The van der Waals surface area contributed by atoms with Crippen LogP contribution in [0.4, 0.5) is 13.2 Å². The Bertz CT molecular complexity index is 445. The molecule has 0 aliphatic rings. The van der Waals surface area contributed by atoms with Crippen molar-refractivity contribution in [1.82, 2.24) is 0 Å². The van der Waals surface area contributed by atoms with Crippen molar-refractivity contribution in [2.24, 2.45) is 0 Å². The summed E-state index contributed by atoms with van der Waals surface area (Å²) in [6.45, 7) is 1.66. The molecule has 1 N–H and O–H groups in total. The minimum absolute atomic E-state index is 0.0324. The van der Waals surface area contributed by atoms with Crippen LogP contribution in [0.1, 0.15) is 18.9 Å². The molecule has 112 valence electrons. The molecule has 0 amide bonds. The van der Waals surface area contributed by atoms with Crippen molar-refractivity contribution in [1.29, 1.82) is 0 Å². The molecule has 0 heterocycles. The van der Waals surface area contributed by atoms with Crippen LogP contribution in [0.25, 0.3) is 0 Å². The Morgan fingerprint density at radius 3 is 2.55 bits per heavy atom. The first kappa shape index (κ1) is 16.3. The molecule has 1 rings (SSSR count). The summed E-state index contributed by atoms with van der Waals surface area (Å²) < 4.78 is 48.0. The summed E-state index contributed by atoms with van der Waals surface area (Å²) in [5, 5.41) is 8.82. The third-order valence-corrected chi connectivity index (χ3v) is 2.47. The maximum absolute atomic E-state index is 12.7. The fourth-order valence-electron chi connectivity index (χ4n) is 1.58. The Labute approximate surface area is 114 Å². The van der Waals surface area contributed by atoms with Crippen LogP contribution in [-0.4, -0.2) is 30.4 Å². The van der Waals surface area contributed by atoms with Crippen LogP contribution in [0, 0.1) is 0 Å². The Morgan fingerprint density at radius 2 is 2.00 bits per heavy atom. The molecule has 1 unspecified atom stereocenters. The van der Waals surface area contributed by atoms with Gasteiger partial charge in [0.1, 0.15) is 5.75 Å². The highest BCUT2D eigenvalue weighted by molar-refractivity contribution is 5.72. The molecule has 0 aliphatic carbocycles. The maximum Gasteiger partial charge on any atom is 0.419 e. The Morgan fingerprint density at radius 1 is 1.35 bits per heavy atom.